The maximum absolute atomic E-state index is 10.5. The SMILES string of the molecule is CCc1cc(C(O)c2c(Cl)cnn2CC)n(C)n1. The van der Waals surface area contributed by atoms with Crippen LogP contribution >= 0.6 is 11.6 Å². The molecule has 0 amide bonds. The molecule has 0 bridgehead atoms. The number of aliphatic hydroxyl groups is 1. The Balaban J connectivity index is 2.43. The molecule has 0 fully saturated rings. The number of aromatic nitrogens is 4. The molecule has 6 heteroatoms. The van der Waals surface area contributed by atoms with E-state index in [1.54, 1.807) is 15.6 Å². The van der Waals surface area contributed by atoms with E-state index in [1.807, 2.05) is 27.0 Å². The Bertz CT molecular complexity index is 546. The van der Waals surface area contributed by atoms with Crippen LogP contribution in [0.2, 0.25) is 5.02 Å². The lowest BCUT2D eigenvalue weighted by Crippen LogP contribution is -2.12. The molecular formula is C12H17ClN4O. The van der Waals surface area contributed by atoms with Gasteiger partial charge in [-0.25, -0.2) is 0 Å². The second-order valence-electron chi connectivity index (χ2n) is 4.13. The van der Waals surface area contributed by atoms with E-state index < -0.39 is 6.10 Å². The molecule has 0 aliphatic rings. The number of aliphatic hydroxyl groups excluding tert-OH is 1. The summed E-state index contributed by atoms with van der Waals surface area (Å²) >= 11 is 6.09. The second kappa shape index (κ2) is 5.12. The largest absolute Gasteiger partial charge is 0.380 e. The van der Waals surface area contributed by atoms with Gasteiger partial charge in [-0.1, -0.05) is 18.5 Å². The molecule has 1 N–H and O–H groups in total. The normalized spacial score (nSPS) is 12.9. The number of hydrogen-bond donors (Lipinski definition) is 1. The molecule has 0 spiro atoms. The van der Waals surface area contributed by atoms with E-state index in [2.05, 4.69) is 10.2 Å². The molecule has 0 aliphatic heterocycles. The fourth-order valence-corrected chi connectivity index (χ4v) is 2.25. The highest BCUT2D eigenvalue weighted by Gasteiger charge is 2.22. The van der Waals surface area contributed by atoms with Crippen LogP contribution < -0.4 is 0 Å². The first-order valence-electron chi connectivity index (χ1n) is 6.00. The molecule has 0 radical (unpaired) electrons. The van der Waals surface area contributed by atoms with Crippen molar-refractivity contribution in [3.63, 3.8) is 0 Å². The van der Waals surface area contributed by atoms with E-state index in [0.717, 1.165) is 17.8 Å². The van der Waals surface area contributed by atoms with Gasteiger partial charge in [-0.3, -0.25) is 9.36 Å². The van der Waals surface area contributed by atoms with Crippen molar-refractivity contribution >= 4 is 11.6 Å². The average molecular weight is 269 g/mol. The van der Waals surface area contributed by atoms with Gasteiger partial charge in [-0.05, 0) is 19.4 Å². The van der Waals surface area contributed by atoms with Crippen LogP contribution in [0.1, 0.15) is 37.0 Å². The zero-order valence-corrected chi connectivity index (χ0v) is 11.5. The van der Waals surface area contributed by atoms with Crippen LogP contribution in [-0.2, 0) is 20.0 Å². The van der Waals surface area contributed by atoms with Crippen molar-refractivity contribution in [3.8, 4) is 0 Å². The summed E-state index contributed by atoms with van der Waals surface area (Å²) in [5.74, 6) is 0. The zero-order valence-electron chi connectivity index (χ0n) is 10.8. The van der Waals surface area contributed by atoms with Gasteiger partial charge in [-0.2, -0.15) is 10.2 Å². The Labute approximate surface area is 111 Å². The summed E-state index contributed by atoms with van der Waals surface area (Å²) in [7, 11) is 1.82. The molecule has 18 heavy (non-hydrogen) atoms. The third-order valence-electron chi connectivity index (χ3n) is 3.00. The van der Waals surface area contributed by atoms with Gasteiger partial charge in [0, 0.05) is 13.6 Å². The minimum atomic E-state index is -0.808. The fraction of sp³-hybridized carbons (Fsp3) is 0.500. The lowest BCUT2D eigenvalue weighted by atomic mass is 10.1. The first kappa shape index (κ1) is 13.1. The van der Waals surface area contributed by atoms with Gasteiger partial charge in [0.05, 0.1) is 28.3 Å². The van der Waals surface area contributed by atoms with Gasteiger partial charge in [0.2, 0.25) is 0 Å². The zero-order chi connectivity index (χ0) is 13.3. The Morgan fingerprint density at radius 2 is 2.17 bits per heavy atom. The van der Waals surface area contributed by atoms with E-state index in [9.17, 15) is 5.11 Å². The maximum atomic E-state index is 10.5. The molecule has 0 aliphatic carbocycles. The van der Waals surface area contributed by atoms with Gasteiger partial charge in [0.15, 0.2) is 0 Å². The van der Waals surface area contributed by atoms with E-state index in [0.29, 0.717) is 17.3 Å². The Kier molecular flexibility index (Phi) is 3.73. The molecule has 2 aromatic rings. The minimum Gasteiger partial charge on any atom is -0.380 e. The van der Waals surface area contributed by atoms with Gasteiger partial charge in [-0.15, -0.1) is 0 Å². The van der Waals surface area contributed by atoms with E-state index >= 15 is 0 Å². The predicted octanol–water partition coefficient (Wildman–Crippen LogP) is 1.93. The number of halogens is 1. The summed E-state index contributed by atoms with van der Waals surface area (Å²) in [5, 5.41) is 19.4. The van der Waals surface area contributed by atoms with Crippen LogP contribution in [0, 0.1) is 0 Å². The first-order valence-corrected chi connectivity index (χ1v) is 6.38. The lowest BCUT2D eigenvalue weighted by molar-refractivity contribution is 0.198. The van der Waals surface area contributed by atoms with Crippen LogP contribution in [-0.4, -0.2) is 24.7 Å². The summed E-state index contributed by atoms with van der Waals surface area (Å²) in [6, 6.07) is 1.90. The van der Waals surface area contributed by atoms with Crippen molar-refractivity contribution in [2.75, 3.05) is 0 Å². The summed E-state index contributed by atoms with van der Waals surface area (Å²) in [4.78, 5) is 0. The first-order chi connectivity index (χ1) is 8.58. The Morgan fingerprint density at radius 3 is 2.72 bits per heavy atom. The molecule has 98 valence electrons. The minimum absolute atomic E-state index is 0.476. The maximum Gasteiger partial charge on any atom is 0.139 e. The predicted molar refractivity (Wildman–Crippen MR) is 69.6 cm³/mol. The summed E-state index contributed by atoms with van der Waals surface area (Å²) in [6.45, 7) is 4.65. The number of aryl methyl sites for hydroxylation is 3. The molecule has 1 unspecified atom stereocenters. The third-order valence-corrected chi connectivity index (χ3v) is 3.29. The van der Waals surface area contributed by atoms with Crippen LogP contribution in [0.3, 0.4) is 0 Å². The quantitative estimate of drug-likeness (QED) is 0.922. The molecule has 2 heterocycles. The third kappa shape index (κ3) is 2.15. The molecule has 1 atom stereocenters. The standard InChI is InChI=1S/C12H17ClN4O/c1-4-8-6-10(16(3)15-8)12(18)11-9(13)7-14-17(11)5-2/h6-7,12,18H,4-5H2,1-3H3. The summed E-state index contributed by atoms with van der Waals surface area (Å²) < 4.78 is 3.39. The molecule has 2 rings (SSSR count). The van der Waals surface area contributed by atoms with Crippen molar-refractivity contribution in [1.82, 2.24) is 19.6 Å². The van der Waals surface area contributed by atoms with E-state index in [-0.39, 0.29) is 0 Å². The average Bonchev–Trinajstić information content (AvgIpc) is 2.91. The van der Waals surface area contributed by atoms with Crippen molar-refractivity contribution in [2.45, 2.75) is 32.9 Å². The van der Waals surface area contributed by atoms with Crippen LogP contribution in [0.25, 0.3) is 0 Å². The van der Waals surface area contributed by atoms with Crippen LogP contribution in [0.4, 0.5) is 0 Å². The monoisotopic (exact) mass is 268 g/mol. The number of hydrogen-bond acceptors (Lipinski definition) is 3. The summed E-state index contributed by atoms with van der Waals surface area (Å²) in [5.41, 5.74) is 2.29. The summed E-state index contributed by atoms with van der Waals surface area (Å²) in [6.07, 6.45) is 1.58. The van der Waals surface area contributed by atoms with E-state index in [1.165, 1.54) is 0 Å². The molecule has 2 aromatic heterocycles. The van der Waals surface area contributed by atoms with Crippen LogP contribution in [0.15, 0.2) is 12.3 Å². The van der Waals surface area contributed by atoms with E-state index in [4.69, 9.17) is 11.6 Å². The Morgan fingerprint density at radius 1 is 1.44 bits per heavy atom. The smallest absolute Gasteiger partial charge is 0.139 e. The highest BCUT2D eigenvalue weighted by atomic mass is 35.5. The molecule has 0 saturated carbocycles. The Hall–Kier alpha value is -1.33. The van der Waals surface area contributed by atoms with Crippen molar-refractivity contribution in [1.29, 1.82) is 0 Å². The lowest BCUT2D eigenvalue weighted by Gasteiger charge is -2.13. The molecule has 0 saturated heterocycles. The van der Waals surface area contributed by atoms with Crippen molar-refractivity contribution in [3.05, 3.63) is 34.4 Å². The number of nitrogens with zero attached hydrogens (tertiary/aromatic N) is 4. The van der Waals surface area contributed by atoms with Crippen molar-refractivity contribution < 1.29 is 5.11 Å². The van der Waals surface area contributed by atoms with Crippen LogP contribution in [0.5, 0.6) is 0 Å². The van der Waals surface area contributed by atoms with Gasteiger partial charge < -0.3 is 5.11 Å². The molecule has 0 aromatic carbocycles. The molecular weight excluding hydrogens is 252 g/mol. The second-order valence-corrected chi connectivity index (χ2v) is 4.54. The topological polar surface area (TPSA) is 55.9 Å². The van der Waals surface area contributed by atoms with Gasteiger partial charge in [0.25, 0.3) is 0 Å². The van der Waals surface area contributed by atoms with Crippen molar-refractivity contribution in [2.24, 2.45) is 7.05 Å². The molecule has 5 nitrogen and oxygen atoms in total. The van der Waals surface area contributed by atoms with Gasteiger partial charge >= 0.3 is 0 Å². The highest BCUT2D eigenvalue weighted by molar-refractivity contribution is 6.31. The fourth-order valence-electron chi connectivity index (χ4n) is 2.01. The van der Waals surface area contributed by atoms with Gasteiger partial charge in [0.1, 0.15) is 6.10 Å². The highest BCUT2D eigenvalue weighted by Crippen LogP contribution is 2.28. The number of rotatable bonds is 4.